The molecular formula is C21H29N5OS. The molecule has 0 saturated carbocycles. The van der Waals surface area contributed by atoms with Gasteiger partial charge in [0.1, 0.15) is 0 Å². The zero-order chi connectivity index (χ0) is 19.6. The fourth-order valence-corrected chi connectivity index (χ4v) is 3.95. The molecule has 2 heterocycles. The molecule has 0 spiro atoms. The van der Waals surface area contributed by atoms with E-state index in [2.05, 4.69) is 49.9 Å². The van der Waals surface area contributed by atoms with Gasteiger partial charge in [0.25, 0.3) is 0 Å². The molecule has 1 fully saturated rings. The highest BCUT2D eigenvalue weighted by molar-refractivity contribution is 7.14. The molecule has 1 aromatic heterocycles. The number of thiophene rings is 1. The highest BCUT2D eigenvalue weighted by Crippen LogP contribution is 2.22. The quantitative estimate of drug-likeness (QED) is 0.555. The van der Waals surface area contributed by atoms with Gasteiger partial charge in [-0.3, -0.25) is 9.79 Å². The fourth-order valence-electron chi connectivity index (χ4n) is 3.16. The number of nitrogens with zero attached hydrogens (tertiary/aromatic N) is 3. The Morgan fingerprint density at radius 2 is 1.86 bits per heavy atom. The molecule has 1 aliphatic rings. The van der Waals surface area contributed by atoms with Crippen LogP contribution < -0.4 is 15.5 Å². The third-order valence-corrected chi connectivity index (χ3v) is 5.59. The molecule has 2 aromatic rings. The molecule has 1 saturated heterocycles. The number of benzene rings is 1. The molecule has 0 atom stereocenters. The summed E-state index contributed by atoms with van der Waals surface area (Å²) in [6.07, 6.45) is 0.400. The smallest absolute Gasteiger partial charge is 0.222 e. The van der Waals surface area contributed by atoms with E-state index in [1.165, 1.54) is 5.00 Å². The molecule has 150 valence electrons. The minimum absolute atomic E-state index is 0.0333. The molecular weight excluding hydrogens is 370 g/mol. The number of amides is 1. The van der Waals surface area contributed by atoms with Gasteiger partial charge < -0.3 is 20.4 Å². The number of guanidine groups is 1. The largest absolute Gasteiger partial charge is 0.360 e. The summed E-state index contributed by atoms with van der Waals surface area (Å²) in [6.45, 7) is 7.80. The van der Waals surface area contributed by atoms with E-state index >= 15 is 0 Å². The van der Waals surface area contributed by atoms with Gasteiger partial charge in [-0.15, -0.1) is 11.3 Å². The van der Waals surface area contributed by atoms with Gasteiger partial charge in [-0.2, -0.15) is 0 Å². The molecule has 1 aromatic carbocycles. The van der Waals surface area contributed by atoms with Gasteiger partial charge in [0.15, 0.2) is 5.96 Å². The summed E-state index contributed by atoms with van der Waals surface area (Å²) in [5.74, 6) is 0.940. The molecule has 2 N–H and O–H groups in total. The SMILES string of the molecule is CCNC(=NCCC(=O)NCc1ccccc1)N1CCN(c2cccs2)CC1. The fraction of sp³-hybridized carbons (Fsp3) is 0.429. The molecule has 1 aliphatic heterocycles. The Labute approximate surface area is 171 Å². The molecule has 7 heteroatoms. The van der Waals surface area contributed by atoms with E-state index in [-0.39, 0.29) is 5.91 Å². The molecule has 6 nitrogen and oxygen atoms in total. The molecule has 1 amide bonds. The second kappa shape index (κ2) is 10.7. The van der Waals surface area contributed by atoms with Crippen molar-refractivity contribution in [2.45, 2.75) is 19.9 Å². The van der Waals surface area contributed by atoms with Crippen LogP contribution in [0.15, 0.2) is 52.8 Å². The van der Waals surface area contributed by atoms with E-state index < -0.39 is 0 Å². The van der Waals surface area contributed by atoms with Crippen LogP contribution in [0.25, 0.3) is 0 Å². The Bertz CT molecular complexity index is 739. The summed E-state index contributed by atoms with van der Waals surface area (Å²) in [4.78, 5) is 21.5. The predicted octanol–water partition coefficient (Wildman–Crippen LogP) is 2.54. The monoisotopic (exact) mass is 399 g/mol. The van der Waals surface area contributed by atoms with Gasteiger partial charge in [0, 0.05) is 45.7 Å². The summed E-state index contributed by atoms with van der Waals surface area (Å²) in [5, 5.41) is 9.77. The van der Waals surface area contributed by atoms with Crippen LogP contribution in [0.3, 0.4) is 0 Å². The number of hydrogen-bond acceptors (Lipinski definition) is 4. The second-order valence-electron chi connectivity index (χ2n) is 6.67. The molecule has 3 rings (SSSR count). The Hall–Kier alpha value is -2.54. The number of carbonyl (C=O) groups is 1. The third kappa shape index (κ3) is 5.99. The van der Waals surface area contributed by atoms with Crippen molar-refractivity contribution >= 4 is 28.2 Å². The van der Waals surface area contributed by atoms with Crippen molar-refractivity contribution in [3.05, 3.63) is 53.4 Å². The van der Waals surface area contributed by atoms with E-state index in [1.807, 2.05) is 30.3 Å². The van der Waals surface area contributed by atoms with Crippen molar-refractivity contribution in [3.63, 3.8) is 0 Å². The Morgan fingerprint density at radius 1 is 1.07 bits per heavy atom. The maximum Gasteiger partial charge on any atom is 0.222 e. The molecule has 0 unspecified atom stereocenters. The van der Waals surface area contributed by atoms with Crippen LogP contribution in [-0.2, 0) is 11.3 Å². The van der Waals surface area contributed by atoms with Gasteiger partial charge in [0.2, 0.25) is 5.91 Å². The lowest BCUT2D eigenvalue weighted by atomic mass is 10.2. The van der Waals surface area contributed by atoms with Gasteiger partial charge in [-0.1, -0.05) is 30.3 Å². The van der Waals surface area contributed by atoms with Crippen LogP contribution in [0.2, 0.25) is 0 Å². The predicted molar refractivity (Wildman–Crippen MR) is 117 cm³/mol. The average molecular weight is 400 g/mol. The highest BCUT2D eigenvalue weighted by atomic mass is 32.1. The Balaban J connectivity index is 1.44. The standard InChI is InChI=1S/C21H29N5OS/c1-2-22-21(26-14-12-25(13-15-26)20-9-6-16-28-20)23-11-10-19(27)24-17-18-7-4-3-5-8-18/h3-9,16H,2,10-15,17H2,1H3,(H,22,23)(H,24,27). The van der Waals surface area contributed by atoms with Crippen LogP contribution in [0.4, 0.5) is 5.00 Å². The molecule has 28 heavy (non-hydrogen) atoms. The zero-order valence-electron chi connectivity index (χ0n) is 16.4. The Morgan fingerprint density at radius 3 is 2.54 bits per heavy atom. The lowest BCUT2D eigenvalue weighted by molar-refractivity contribution is -0.121. The maximum atomic E-state index is 12.1. The summed E-state index contributed by atoms with van der Waals surface area (Å²) < 4.78 is 0. The van der Waals surface area contributed by atoms with Crippen molar-refractivity contribution in [2.75, 3.05) is 44.2 Å². The summed E-state index contributed by atoms with van der Waals surface area (Å²) in [5.41, 5.74) is 1.11. The first-order valence-electron chi connectivity index (χ1n) is 9.88. The number of piperazine rings is 1. The highest BCUT2D eigenvalue weighted by Gasteiger charge is 2.20. The van der Waals surface area contributed by atoms with Crippen LogP contribution in [0.1, 0.15) is 18.9 Å². The molecule has 0 radical (unpaired) electrons. The first-order chi connectivity index (χ1) is 13.8. The first kappa shape index (κ1) is 20.2. The van der Waals surface area contributed by atoms with Gasteiger partial charge in [0.05, 0.1) is 11.5 Å². The third-order valence-electron chi connectivity index (χ3n) is 4.66. The lowest BCUT2D eigenvalue weighted by Gasteiger charge is -2.37. The average Bonchev–Trinajstić information content (AvgIpc) is 3.27. The summed E-state index contributed by atoms with van der Waals surface area (Å²) in [6, 6.07) is 14.2. The molecule has 0 aliphatic carbocycles. The first-order valence-corrected chi connectivity index (χ1v) is 10.8. The number of nitrogens with one attached hydrogen (secondary N) is 2. The van der Waals surface area contributed by atoms with Gasteiger partial charge >= 0.3 is 0 Å². The maximum absolute atomic E-state index is 12.1. The number of anilines is 1. The van der Waals surface area contributed by atoms with E-state index in [0.29, 0.717) is 19.5 Å². The number of aliphatic imine (C=N–C) groups is 1. The van der Waals surface area contributed by atoms with Gasteiger partial charge in [-0.05, 0) is 30.0 Å². The minimum atomic E-state index is 0.0333. The van der Waals surface area contributed by atoms with Crippen LogP contribution in [0.5, 0.6) is 0 Å². The van der Waals surface area contributed by atoms with Crippen molar-refractivity contribution < 1.29 is 4.79 Å². The number of carbonyl (C=O) groups excluding carboxylic acids is 1. The van der Waals surface area contributed by atoms with Crippen molar-refractivity contribution in [1.82, 2.24) is 15.5 Å². The van der Waals surface area contributed by atoms with Crippen LogP contribution >= 0.6 is 11.3 Å². The summed E-state index contributed by atoms with van der Waals surface area (Å²) >= 11 is 1.79. The minimum Gasteiger partial charge on any atom is -0.360 e. The van der Waals surface area contributed by atoms with Crippen molar-refractivity contribution in [3.8, 4) is 0 Å². The van der Waals surface area contributed by atoms with Crippen molar-refractivity contribution in [1.29, 1.82) is 0 Å². The normalized spacial score (nSPS) is 14.8. The zero-order valence-corrected chi connectivity index (χ0v) is 17.3. The van der Waals surface area contributed by atoms with E-state index in [0.717, 1.165) is 44.2 Å². The molecule has 0 bridgehead atoms. The van der Waals surface area contributed by atoms with E-state index in [1.54, 1.807) is 11.3 Å². The van der Waals surface area contributed by atoms with E-state index in [9.17, 15) is 4.79 Å². The van der Waals surface area contributed by atoms with Crippen molar-refractivity contribution in [2.24, 2.45) is 4.99 Å². The topological polar surface area (TPSA) is 60.0 Å². The number of hydrogen-bond donors (Lipinski definition) is 2. The second-order valence-corrected chi connectivity index (χ2v) is 7.60. The van der Waals surface area contributed by atoms with Crippen LogP contribution in [-0.4, -0.2) is 56.0 Å². The number of rotatable bonds is 7. The van der Waals surface area contributed by atoms with Gasteiger partial charge in [-0.25, -0.2) is 0 Å². The summed E-state index contributed by atoms with van der Waals surface area (Å²) in [7, 11) is 0. The lowest BCUT2D eigenvalue weighted by Crippen LogP contribution is -2.52. The Kier molecular flexibility index (Phi) is 7.72. The van der Waals surface area contributed by atoms with Crippen LogP contribution in [0, 0.1) is 0 Å². The van der Waals surface area contributed by atoms with E-state index in [4.69, 9.17) is 0 Å².